The molecule has 2 rings (SSSR count). The first-order chi connectivity index (χ1) is 7.50. The van der Waals surface area contributed by atoms with E-state index in [0.717, 1.165) is 22.9 Å². The van der Waals surface area contributed by atoms with Crippen molar-refractivity contribution >= 4 is 11.4 Å². The standard InChI is InChI=1S/C13H17NO2/c1-8-13(2,3)9-6-11(15-4)12(16-5)7-10(9)14-8/h6-7H,1-5H3. The number of ether oxygens (including phenoxy) is 2. The lowest BCUT2D eigenvalue weighted by Crippen LogP contribution is -2.22. The van der Waals surface area contributed by atoms with Gasteiger partial charge in [0.15, 0.2) is 11.5 Å². The van der Waals surface area contributed by atoms with Crippen LogP contribution in [-0.2, 0) is 5.41 Å². The molecule has 1 aliphatic rings. The van der Waals surface area contributed by atoms with E-state index in [1.165, 1.54) is 5.56 Å². The first-order valence-corrected chi connectivity index (χ1v) is 5.33. The second-order valence-electron chi connectivity index (χ2n) is 4.55. The van der Waals surface area contributed by atoms with Gasteiger partial charge >= 0.3 is 0 Å². The lowest BCUT2D eigenvalue weighted by atomic mass is 9.82. The molecule has 1 heterocycles. The molecule has 16 heavy (non-hydrogen) atoms. The highest BCUT2D eigenvalue weighted by atomic mass is 16.5. The number of fused-ring (bicyclic) bond motifs is 1. The Morgan fingerprint density at radius 1 is 1.06 bits per heavy atom. The molecule has 0 saturated carbocycles. The van der Waals surface area contributed by atoms with Gasteiger partial charge in [0.1, 0.15) is 0 Å². The van der Waals surface area contributed by atoms with Gasteiger partial charge in [-0.2, -0.15) is 0 Å². The number of methoxy groups -OCH3 is 2. The summed E-state index contributed by atoms with van der Waals surface area (Å²) < 4.78 is 10.6. The predicted octanol–water partition coefficient (Wildman–Crippen LogP) is 3.09. The zero-order valence-electron chi connectivity index (χ0n) is 10.4. The van der Waals surface area contributed by atoms with Crippen molar-refractivity contribution in [3.05, 3.63) is 17.7 Å². The topological polar surface area (TPSA) is 30.8 Å². The van der Waals surface area contributed by atoms with Gasteiger partial charge in [-0.1, -0.05) is 13.8 Å². The third kappa shape index (κ3) is 1.39. The molecule has 1 aromatic carbocycles. The highest BCUT2D eigenvalue weighted by molar-refractivity contribution is 6.00. The van der Waals surface area contributed by atoms with Crippen LogP contribution in [0.5, 0.6) is 11.5 Å². The molecule has 1 aliphatic heterocycles. The lowest BCUT2D eigenvalue weighted by molar-refractivity contribution is 0.354. The minimum atomic E-state index is -0.0190. The Kier molecular flexibility index (Phi) is 2.41. The van der Waals surface area contributed by atoms with Gasteiger partial charge in [-0.15, -0.1) is 0 Å². The smallest absolute Gasteiger partial charge is 0.162 e. The van der Waals surface area contributed by atoms with E-state index < -0.39 is 0 Å². The van der Waals surface area contributed by atoms with E-state index in [1.807, 2.05) is 12.1 Å². The molecule has 0 unspecified atom stereocenters. The average molecular weight is 219 g/mol. The maximum atomic E-state index is 5.31. The Labute approximate surface area is 96.1 Å². The maximum absolute atomic E-state index is 5.31. The first-order valence-electron chi connectivity index (χ1n) is 5.33. The van der Waals surface area contributed by atoms with E-state index in [-0.39, 0.29) is 5.41 Å². The van der Waals surface area contributed by atoms with Crippen molar-refractivity contribution < 1.29 is 9.47 Å². The van der Waals surface area contributed by atoms with Crippen molar-refractivity contribution in [2.75, 3.05) is 14.2 Å². The van der Waals surface area contributed by atoms with Crippen LogP contribution in [0, 0.1) is 0 Å². The summed E-state index contributed by atoms with van der Waals surface area (Å²) in [7, 11) is 3.29. The summed E-state index contributed by atoms with van der Waals surface area (Å²) in [6.45, 7) is 6.39. The van der Waals surface area contributed by atoms with Crippen LogP contribution in [0.15, 0.2) is 17.1 Å². The Morgan fingerprint density at radius 2 is 1.62 bits per heavy atom. The SMILES string of the molecule is COc1cc2c(cc1OC)C(C)(C)C(C)=N2. The lowest BCUT2D eigenvalue weighted by Gasteiger charge is -2.21. The molecule has 0 bridgehead atoms. The van der Waals surface area contributed by atoms with Gasteiger partial charge < -0.3 is 9.47 Å². The minimum absolute atomic E-state index is 0.0190. The zero-order valence-corrected chi connectivity index (χ0v) is 10.4. The number of benzene rings is 1. The van der Waals surface area contributed by atoms with Crippen molar-refractivity contribution in [2.24, 2.45) is 4.99 Å². The molecular formula is C13H17NO2. The van der Waals surface area contributed by atoms with Gasteiger partial charge in [-0.25, -0.2) is 0 Å². The zero-order chi connectivity index (χ0) is 11.9. The molecule has 0 atom stereocenters. The monoisotopic (exact) mass is 219 g/mol. The number of hydrogen-bond donors (Lipinski definition) is 0. The number of hydrogen-bond acceptors (Lipinski definition) is 3. The molecule has 0 fully saturated rings. The van der Waals surface area contributed by atoms with E-state index in [4.69, 9.17) is 9.47 Å². The predicted molar refractivity (Wildman–Crippen MR) is 65.3 cm³/mol. The highest BCUT2D eigenvalue weighted by Gasteiger charge is 2.33. The van der Waals surface area contributed by atoms with Crippen molar-refractivity contribution in [3.63, 3.8) is 0 Å². The van der Waals surface area contributed by atoms with Crippen LogP contribution >= 0.6 is 0 Å². The fraction of sp³-hybridized carbons (Fsp3) is 0.462. The fourth-order valence-corrected chi connectivity index (χ4v) is 1.98. The number of aliphatic imine (C=N–C) groups is 1. The van der Waals surface area contributed by atoms with E-state index in [2.05, 4.69) is 25.8 Å². The van der Waals surface area contributed by atoms with Crippen LogP contribution in [-0.4, -0.2) is 19.9 Å². The van der Waals surface area contributed by atoms with Crippen LogP contribution in [0.3, 0.4) is 0 Å². The van der Waals surface area contributed by atoms with Gasteiger partial charge in [-0.3, -0.25) is 4.99 Å². The average Bonchev–Trinajstić information content (AvgIpc) is 2.48. The van der Waals surface area contributed by atoms with E-state index in [0.29, 0.717) is 0 Å². The third-order valence-electron chi connectivity index (χ3n) is 3.37. The second-order valence-corrected chi connectivity index (χ2v) is 4.55. The van der Waals surface area contributed by atoms with Gasteiger partial charge in [0.2, 0.25) is 0 Å². The molecule has 3 nitrogen and oxygen atoms in total. The normalized spacial score (nSPS) is 16.7. The minimum Gasteiger partial charge on any atom is -0.493 e. The molecule has 86 valence electrons. The number of nitrogens with zero attached hydrogens (tertiary/aromatic N) is 1. The highest BCUT2D eigenvalue weighted by Crippen LogP contribution is 2.45. The van der Waals surface area contributed by atoms with Crippen LogP contribution in [0.1, 0.15) is 26.3 Å². The summed E-state index contributed by atoms with van der Waals surface area (Å²) in [6, 6.07) is 3.96. The third-order valence-corrected chi connectivity index (χ3v) is 3.37. The Balaban J connectivity index is 2.62. The summed E-state index contributed by atoms with van der Waals surface area (Å²) >= 11 is 0. The molecule has 0 spiro atoms. The molecule has 0 aromatic heterocycles. The van der Waals surface area contributed by atoms with Crippen molar-refractivity contribution in [2.45, 2.75) is 26.2 Å². The van der Waals surface area contributed by atoms with Gasteiger partial charge in [0.05, 0.1) is 19.9 Å². The quantitative estimate of drug-likeness (QED) is 0.765. The largest absolute Gasteiger partial charge is 0.493 e. The summed E-state index contributed by atoms with van der Waals surface area (Å²) in [5.74, 6) is 1.50. The molecule has 0 amide bonds. The Morgan fingerprint density at radius 3 is 2.19 bits per heavy atom. The van der Waals surface area contributed by atoms with Crippen LogP contribution < -0.4 is 9.47 Å². The molecule has 0 aliphatic carbocycles. The first kappa shape index (κ1) is 11.0. The Bertz CT molecular complexity index is 461. The molecule has 1 aromatic rings. The second kappa shape index (κ2) is 3.51. The molecule has 0 N–H and O–H groups in total. The fourth-order valence-electron chi connectivity index (χ4n) is 1.98. The Hall–Kier alpha value is -1.51. The summed E-state index contributed by atoms with van der Waals surface area (Å²) in [5, 5.41) is 0. The van der Waals surface area contributed by atoms with E-state index in [9.17, 15) is 0 Å². The van der Waals surface area contributed by atoms with Gasteiger partial charge in [-0.05, 0) is 18.6 Å². The van der Waals surface area contributed by atoms with Crippen LogP contribution in [0.4, 0.5) is 5.69 Å². The van der Waals surface area contributed by atoms with Crippen LogP contribution in [0.2, 0.25) is 0 Å². The van der Waals surface area contributed by atoms with Crippen LogP contribution in [0.25, 0.3) is 0 Å². The van der Waals surface area contributed by atoms with E-state index >= 15 is 0 Å². The van der Waals surface area contributed by atoms with Crippen molar-refractivity contribution in [3.8, 4) is 11.5 Å². The molecular weight excluding hydrogens is 202 g/mol. The molecule has 3 heteroatoms. The van der Waals surface area contributed by atoms with Gasteiger partial charge in [0.25, 0.3) is 0 Å². The number of rotatable bonds is 2. The summed E-state index contributed by atoms with van der Waals surface area (Å²) in [5.41, 5.74) is 3.29. The van der Waals surface area contributed by atoms with Crippen molar-refractivity contribution in [1.82, 2.24) is 0 Å². The molecule has 0 radical (unpaired) electrons. The van der Waals surface area contributed by atoms with E-state index in [1.54, 1.807) is 14.2 Å². The van der Waals surface area contributed by atoms with Crippen molar-refractivity contribution in [1.29, 1.82) is 0 Å². The molecule has 0 saturated heterocycles. The summed E-state index contributed by atoms with van der Waals surface area (Å²) in [6.07, 6.45) is 0. The van der Waals surface area contributed by atoms with Gasteiger partial charge in [0, 0.05) is 17.2 Å². The summed E-state index contributed by atoms with van der Waals surface area (Å²) in [4.78, 5) is 4.57. The maximum Gasteiger partial charge on any atom is 0.162 e.